The summed E-state index contributed by atoms with van der Waals surface area (Å²) in [5.74, 6) is 0.118. The van der Waals surface area contributed by atoms with E-state index in [9.17, 15) is 13.5 Å². The zero-order chi connectivity index (χ0) is 10.3. The molecule has 1 fully saturated rings. The zero-order valence-corrected chi connectivity index (χ0v) is 11.2. The molecular formula is C7H12Br2O3S. The number of hydrogen-bond acceptors (Lipinski definition) is 3. The van der Waals surface area contributed by atoms with Crippen molar-refractivity contribution in [3.63, 3.8) is 0 Å². The number of halogens is 2. The summed E-state index contributed by atoms with van der Waals surface area (Å²) in [6.45, 7) is 1.56. The Hall–Kier alpha value is 0.870. The molecule has 13 heavy (non-hydrogen) atoms. The molecule has 0 bridgehead atoms. The maximum absolute atomic E-state index is 11.5. The number of aliphatic hydroxyl groups excluding tert-OH is 1. The number of alkyl halides is 2. The summed E-state index contributed by atoms with van der Waals surface area (Å²) in [6.07, 6.45) is 0.941. The van der Waals surface area contributed by atoms with Gasteiger partial charge in [-0.25, -0.2) is 8.42 Å². The van der Waals surface area contributed by atoms with Crippen LogP contribution >= 0.6 is 31.9 Å². The van der Waals surface area contributed by atoms with Crippen molar-refractivity contribution in [2.24, 2.45) is 5.92 Å². The third kappa shape index (κ3) is 2.27. The van der Waals surface area contributed by atoms with Gasteiger partial charge in [-0.1, -0.05) is 38.8 Å². The van der Waals surface area contributed by atoms with Gasteiger partial charge < -0.3 is 5.11 Å². The van der Waals surface area contributed by atoms with E-state index in [1.807, 2.05) is 0 Å². The Balaban J connectivity index is 2.85. The van der Waals surface area contributed by atoms with Crippen LogP contribution in [0.1, 0.15) is 19.8 Å². The van der Waals surface area contributed by atoms with Crippen molar-refractivity contribution in [3.8, 4) is 0 Å². The topological polar surface area (TPSA) is 54.4 Å². The van der Waals surface area contributed by atoms with E-state index in [0.29, 0.717) is 0 Å². The molecule has 1 aliphatic carbocycles. The first kappa shape index (κ1) is 11.9. The van der Waals surface area contributed by atoms with E-state index in [-0.39, 0.29) is 11.7 Å². The predicted molar refractivity (Wildman–Crippen MR) is 58.8 cm³/mol. The Morgan fingerprint density at radius 3 is 2.31 bits per heavy atom. The van der Waals surface area contributed by atoms with E-state index < -0.39 is 18.5 Å². The number of sulfone groups is 1. The molecule has 0 saturated heterocycles. The van der Waals surface area contributed by atoms with Gasteiger partial charge in [-0.15, -0.1) is 0 Å². The average molecular weight is 336 g/mol. The van der Waals surface area contributed by atoms with Crippen LogP contribution in [0.15, 0.2) is 0 Å². The van der Waals surface area contributed by atoms with E-state index in [1.165, 1.54) is 0 Å². The van der Waals surface area contributed by atoms with Gasteiger partial charge in [-0.3, -0.25) is 0 Å². The van der Waals surface area contributed by atoms with E-state index in [0.717, 1.165) is 12.8 Å². The first-order valence-corrected chi connectivity index (χ1v) is 7.35. The SMILES string of the molecule is CCS(=O)(=O)C(Br)(Br)[C@H](O)C1CC1. The highest BCUT2D eigenvalue weighted by atomic mass is 79.9. The Morgan fingerprint density at radius 1 is 1.54 bits per heavy atom. The lowest BCUT2D eigenvalue weighted by atomic mass is 10.3. The Bertz CT molecular complexity index is 282. The lowest BCUT2D eigenvalue weighted by molar-refractivity contribution is 0.161. The lowest BCUT2D eigenvalue weighted by Crippen LogP contribution is -2.40. The second-order valence-corrected chi connectivity index (χ2v) is 10.3. The van der Waals surface area contributed by atoms with Crippen LogP contribution in [-0.4, -0.2) is 27.9 Å². The first-order valence-electron chi connectivity index (χ1n) is 4.11. The van der Waals surface area contributed by atoms with E-state index >= 15 is 0 Å². The van der Waals surface area contributed by atoms with Gasteiger partial charge in [-0.2, -0.15) is 0 Å². The average Bonchev–Trinajstić information content (AvgIpc) is 2.85. The van der Waals surface area contributed by atoms with Crippen LogP contribution in [0, 0.1) is 5.92 Å². The molecule has 1 aliphatic rings. The summed E-state index contributed by atoms with van der Waals surface area (Å²) in [5, 5.41) is 9.71. The molecule has 1 rings (SSSR count). The molecule has 0 spiro atoms. The van der Waals surface area contributed by atoms with E-state index in [1.54, 1.807) is 6.92 Å². The van der Waals surface area contributed by atoms with Gasteiger partial charge in [0.2, 0.25) is 2.57 Å². The zero-order valence-electron chi connectivity index (χ0n) is 7.20. The monoisotopic (exact) mass is 334 g/mol. The quantitative estimate of drug-likeness (QED) is 0.794. The molecule has 3 nitrogen and oxygen atoms in total. The molecule has 0 radical (unpaired) electrons. The molecular weight excluding hydrogens is 324 g/mol. The Kier molecular flexibility index (Phi) is 3.48. The molecule has 0 unspecified atom stereocenters. The summed E-state index contributed by atoms with van der Waals surface area (Å²) in [6, 6.07) is 0. The summed E-state index contributed by atoms with van der Waals surface area (Å²) in [4.78, 5) is 0. The maximum Gasteiger partial charge on any atom is 0.206 e. The van der Waals surface area contributed by atoms with Crippen molar-refractivity contribution in [2.75, 3.05) is 5.75 Å². The normalized spacial score (nSPS) is 21.5. The number of hydrogen-bond donors (Lipinski definition) is 1. The minimum atomic E-state index is -3.32. The minimum Gasteiger partial charge on any atom is -0.389 e. The molecule has 0 heterocycles. The van der Waals surface area contributed by atoms with Gasteiger partial charge in [0.25, 0.3) is 0 Å². The van der Waals surface area contributed by atoms with Crippen LogP contribution in [0.5, 0.6) is 0 Å². The highest BCUT2D eigenvalue weighted by molar-refractivity contribution is 9.28. The summed E-state index contributed by atoms with van der Waals surface area (Å²) >= 11 is 6.10. The third-order valence-corrected chi connectivity index (χ3v) is 7.94. The third-order valence-electron chi connectivity index (χ3n) is 2.21. The fraction of sp³-hybridized carbons (Fsp3) is 1.00. The van der Waals surface area contributed by atoms with Crippen molar-refractivity contribution in [1.82, 2.24) is 0 Å². The molecule has 1 saturated carbocycles. The predicted octanol–water partition coefficient (Wildman–Crippen LogP) is 1.64. The molecule has 0 amide bonds. The fourth-order valence-electron chi connectivity index (χ4n) is 1.06. The van der Waals surface area contributed by atoms with Crippen molar-refractivity contribution in [1.29, 1.82) is 0 Å². The number of aliphatic hydroxyl groups is 1. The Labute approximate surface area is 95.1 Å². The molecule has 1 N–H and O–H groups in total. The molecule has 0 aliphatic heterocycles. The van der Waals surface area contributed by atoms with Crippen LogP contribution in [0.25, 0.3) is 0 Å². The minimum absolute atomic E-state index is 0.00722. The number of rotatable bonds is 4. The van der Waals surface area contributed by atoms with Crippen LogP contribution in [-0.2, 0) is 9.84 Å². The van der Waals surface area contributed by atoms with Gasteiger partial charge in [0, 0.05) is 5.75 Å². The van der Waals surface area contributed by atoms with Gasteiger partial charge in [0.05, 0.1) is 6.10 Å². The highest BCUT2D eigenvalue weighted by Gasteiger charge is 2.50. The van der Waals surface area contributed by atoms with Gasteiger partial charge in [0.1, 0.15) is 0 Å². The molecule has 0 aromatic carbocycles. The first-order chi connectivity index (χ1) is 5.83. The second kappa shape index (κ2) is 3.79. The molecule has 6 heteroatoms. The van der Waals surface area contributed by atoms with Crippen molar-refractivity contribution < 1.29 is 13.5 Å². The fourth-order valence-corrected chi connectivity index (χ4v) is 4.13. The van der Waals surface area contributed by atoms with Crippen molar-refractivity contribution in [3.05, 3.63) is 0 Å². The van der Waals surface area contributed by atoms with Gasteiger partial charge in [-0.05, 0) is 18.8 Å². The van der Waals surface area contributed by atoms with E-state index in [4.69, 9.17) is 0 Å². The highest BCUT2D eigenvalue weighted by Crippen LogP contribution is 2.46. The van der Waals surface area contributed by atoms with Crippen LogP contribution in [0.3, 0.4) is 0 Å². The van der Waals surface area contributed by atoms with Gasteiger partial charge >= 0.3 is 0 Å². The van der Waals surface area contributed by atoms with Crippen LogP contribution in [0.4, 0.5) is 0 Å². The largest absolute Gasteiger partial charge is 0.389 e. The molecule has 78 valence electrons. The summed E-state index contributed by atoms with van der Waals surface area (Å²) in [5.41, 5.74) is 0. The molecule has 1 atom stereocenters. The molecule has 0 aromatic rings. The maximum atomic E-state index is 11.5. The molecule has 0 aromatic heterocycles. The van der Waals surface area contributed by atoms with Crippen LogP contribution in [0.2, 0.25) is 0 Å². The van der Waals surface area contributed by atoms with Crippen LogP contribution < -0.4 is 0 Å². The van der Waals surface area contributed by atoms with Crippen molar-refractivity contribution in [2.45, 2.75) is 28.4 Å². The standard InChI is InChI=1S/C7H12Br2O3S/c1-2-13(11,12)7(8,9)6(10)5-3-4-5/h5-6,10H,2-4H2,1H3/t6-/m1/s1. The summed E-state index contributed by atoms with van der Waals surface area (Å²) < 4.78 is 21.7. The van der Waals surface area contributed by atoms with Gasteiger partial charge in [0.15, 0.2) is 9.84 Å². The van der Waals surface area contributed by atoms with E-state index in [2.05, 4.69) is 31.9 Å². The van der Waals surface area contributed by atoms with Crippen molar-refractivity contribution >= 4 is 41.7 Å². The second-order valence-electron chi connectivity index (χ2n) is 3.25. The smallest absolute Gasteiger partial charge is 0.206 e. The summed E-state index contributed by atoms with van der Waals surface area (Å²) in [7, 11) is -3.32. The Morgan fingerprint density at radius 2 is 2.00 bits per heavy atom. The lowest BCUT2D eigenvalue weighted by Gasteiger charge is -2.25.